The van der Waals surface area contributed by atoms with Crippen LogP contribution in [-0.2, 0) is 0 Å². The molecule has 0 spiro atoms. The van der Waals surface area contributed by atoms with Gasteiger partial charge in [0.05, 0.1) is 17.5 Å². The van der Waals surface area contributed by atoms with Gasteiger partial charge in [-0.3, -0.25) is 4.79 Å². The van der Waals surface area contributed by atoms with E-state index in [-0.39, 0.29) is 5.91 Å². The van der Waals surface area contributed by atoms with Gasteiger partial charge >= 0.3 is 0 Å². The summed E-state index contributed by atoms with van der Waals surface area (Å²) in [4.78, 5) is 12.2. The van der Waals surface area contributed by atoms with Crippen molar-refractivity contribution in [1.82, 2.24) is 9.99 Å². The lowest BCUT2D eigenvalue weighted by Crippen LogP contribution is -2.18. The molecule has 0 aliphatic rings. The number of carbonyl (C=O) groups is 1. The molecular formula is C19H16BrN3O. The number of nitrogens with one attached hydrogen (secondary N) is 1. The average Bonchev–Trinajstić information content (AvgIpc) is 2.96. The molecule has 0 saturated heterocycles. The third-order valence-corrected chi connectivity index (χ3v) is 4.29. The van der Waals surface area contributed by atoms with E-state index < -0.39 is 0 Å². The summed E-state index contributed by atoms with van der Waals surface area (Å²) in [5.41, 5.74) is 6.15. The highest BCUT2D eigenvalue weighted by molar-refractivity contribution is 9.10. The molecule has 0 bridgehead atoms. The number of aryl methyl sites for hydroxylation is 1. The number of hydrogen-bond acceptors (Lipinski definition) is 2. The van der Waals surface area contributed by atoms with E-state index in [1.54, 1.807) is 12.3 Å². The van der Waals surface area contributed by atoms with Crippen LogP contribution >= 0.6 is 15.9 Å². The van der Waals surface area contributed by atoms with E-state index >= 15 is 0 Å². The molecular weight excluding hydrogens is 366 g/mol. The van der Waals surface area contributed by atoms with Gasteiger partial charge in [-0.05, 0) is 59.3 Å². The van der Waals surface area contributed by atoms with Crippen molar-refractivity contribution in [2.45, 2.75) is 6.92 Å². The van der Waals surface area contributed by atoms with E-state index in [4.69, 9.17) is 0 Å². The van der Waals surface area contributed by atoms with Crippen LogP contribution < -0.4 is 5.43 Å². The Hall–Kier alpha value is -2.66. The predicted octanol–water partition coefficient (Wildman–Crippen LogP) is 4.31. The van der Waals surface area contributed by atoms with Gasteiger partial charge in [0, 0.05) is 15.9 Å². The second kappa shape index (κ2) is 7.27. The first kappa shape index (κ1) is 16.2. The predicted molar refractivity (Wildman–Crippen MR) is 99.7 cm³/mol. The first-order valence-corrected chi connectivity index (χ1v) is 8.28. The minimum absolute atomic E-state index is 0.256. The van der Waals surface area contributed by atoms with Crippen LogP contribution in [-0.4, -0.2) is 16.7 Å². The SMILES string of the molecule is Cc1ccc(/C=N/NC(=O)c2ccccc2Br)n1-c1ccccc1. The molecule has 0 aliphatic carbocycles. The molecule has 3 aromatic rings. The van der Waals surface area contributed by atoms with Gasteiger partial charge in [0.15, 0.2) is 0 Å². The number of para-hydroxylation sites is 1. The van der Waals surface area contributed by atoms with Crippen LogP contribution in [0.5, 0.6) is 0 Å². The molecule has 1 amide bonds. The normalized spacial score (nSPS) is 10.9. The van der Waals surface area contributed by atoms with Gasteiger partial charge in [0.2, 0.25) is 0 Å². The number of hydrogen-bond donors (Lipinski definition) is 1. The molecule has 24 heavy (non-hydrogen) atoms. The Morgan fingerprint density at radius 1 is 1.04 bits per heavy atom. The standard InChI is InChI=1S/C19H16BrN3O/c1-14-11-12-16(23(14)15-7-3-2-4-8-15)13-21-22-19(24)17-9-5-6-10-18(17)20/h2-13H,1H3,(H,22,24)/b21-13+. The second-order valence-electron chi connectivity index (χ2n) is 5.25. The van der Waals surface area contributed by atoms with Gasteiger partial charge in [0.1, 0.15) is 0 Å². The van der Waals surface area contributed by atoms with Gasteiger partial charge in [0.25, 0.3) is 5.91 Å². The minimum atomic E-state index is -0.256. The summed E-state index contributed by atoms with van der Waals surface area (Å²) in [6.45, 7) is 2.03. The van der Waals surface area contributed by atoms with Gasteiger partial charge in [-0.1, -0.05) is 30.3 Å². The fourth-order valence-corrected chi connectivity index (χ4v) is 2.92. The lowest BCUT2D eigenvalue weighted by Gasteiger charge is -2.09. The molecule has 120 valence electrons. The molecule has 0 atom stereocenters. The minimum Gasteiger partial charge on any atom is -0.313 e. The Kier molecular flexibility index (Phi) is 4.91. The molecule has 0 fully saturated rings. The summed E-state index contributed by atoms with van der Waals surface area (Å²) in [5.74, 6) is -0.256. The Bertz CT molecular complexity index is 885. The molecule has 3 rings (SSSR count). The van der Waals surface area contributed by atoms with Gasteiger partial charge < -0.3 is 4.57 Å². The number of nitrogens with zero attached hydrogens (tertiary/aromatic N) is 2. The Balaban J connectivity index is 1.79. The molecule has 4 nitrogen and oxygen atoms in total. The maximum absolute atomic E-state index is 12.2. The molecule has 0 unspecified atom stereocenters. The number of aromatic nitrogens is 1. The molecule has 0 saturated carbocycles. The van der Waals surface area contributed by atoms with Crippen molar-refractivity contribution in [3.8, 4) is 5.69 Å². The molecule has 5 heteroatoms. The lowest BCUT2D eigenvalue weighted by atomic mass is 10.2. The van der Waals surface area contributed by atoms with E-state index in [2.05, 4.69) is 31.0 Å². The second-order valence-corrected chi connectivity index (χ2v) is 6.10. The Morgan fingerprint density at radius 3 is 2.50 bits per heavy atom. The molecule has 0 radical (unpaired) electrons. The summed E-state index contributed by atoms with van der Waals surface area (Å²) < 4.78 is 2.81. The van der Waals surface area contributed by atoms with E-state index in [0.29, 0.717) is 5.56 Å². The van der Waals surface area contributed by atoms with Gasteiger partial charge in [-0.25, -0.2) is 5.43 Å². The van der Waals surface area contributed by atoms with Crippen LogP contribution in [0.25, 0.3) is 5.69 Å². The highest BCUT2D eigenvalue weighted by Crippen LogP contribution is 2.16. The smallest absolute Gasteiger partial charge is 0.272 e. The molecule has 1 heterocycles. The average molecular weight is 382 g/mol. The van der Waals surface area contributed by atoms with Crippen LogP contribution in [0.15, 0.2) is 76.3 Å². The van der Waals surface area contributed by atoms with Crippen molar-refractivity contribution in [3.05, 3.63) is 88.2 Å². The van der Waals surface area contributed by atoms with Crippen LogP contribution in [0.4, 0.5) is 0 Å². The zero-order chi connectivity index (χ0) is 16.9. The van der Waals surface area contributed by atoms with Crippen LogP contribution in [0.1, 0.15) is 21.7 Å². The van der Waals surface area contributed by atoms with Crippen molar-refractivity contribution in [1.29, 1.82) is 0 Å². The van der Waals surface area contributed by atoms with Crippen molar-refractivity contribution >= 4 is 28.1 Å². The topological polar surface area (TPSA) is 46.4 Å². The highest BCUT2D eigenvalue weighted by Gasteiger charge is 2.08. The van der Waals surface area contributed by atoms with Crippen molar-refractivity contribution in [2.75, 3.05) is 0 Å². The van der Waals surface area contributed by atoms with Gasteiger partial charge in [-0.15, -0.1) is 0 Å². The van der Waals surface area contributed by atoms with Crippen molar-refractivity contribution in [3.63, 3.8) is 0 Å². The van der Waals surface area contributed by atoms with E-state index in [0.717, 1.165) is 21.5 Å². The fourth-order valence-electron chi connectivity index (χ4n) is 2.45. The zero-order valence-electron chi connectivity index (χ0n) is 13.1. The molecule has 1 N–H and O–H groups in total. The summed E-state index contributed by atoms with van der Waals surface area (Å²) in [6, 6.07) is 21.2. The Labute approximate surface area is 149 Å². The van der Waals surface area contributed by atoms with E-state index in [1.165, 1.54) is 0 Å². The van der Waals surface area contributed by atoms with E-state index in [9.17, 15) is 4.79 Å². The largest absolute Gasteiger partial charge is 0.313 e. The summed E-state index contributed by atoms with van der Waals surface area (Å²) >= 11 is 3.36. The highest BCUT2D eigenvalue weighted by atomic mass is 79.9. The van der Waals surface area contributed by atoms with Crippen LogP contribution in [0.3, 0.4) is 0 Å². The number of hydrazone groups is 1. The zero-order valence-corrected chi connectivity index (χ0v) is 14.7. The fraction of sp³-hybridized carbons (Fsp3) is 0.0526. The number of amides is 1. The number of benzene rings is 2. The third kappa shape index (κ3) is 3.46. The van der Waals surface area contributed by atoms with Gasteiger partial charge in [-0.2, -0.15) is 5.10 Å². The summed E-state index contributed by atoms with van der Waals surface area (Å²) in [6.07, 6.45) is 1.65. The monoisotopic (exact) mass is 381 g/mol. The van der Waals surface area contributed by atoms with E-state index in [1.807, 2.05) is 67.6 Å². The number of carbonyl (C=O) groups excluding carboxylic acids is 1. The first-order chi connectivity index (χ1) is 11.7. The van der Waals surface area contributed by atoms with Crippen molar-refractivity contribution < 1.29 is 4.79 Å². The third-order valence-electron chi connectivity index (χ3n) is 3.60. The summed E-state index contributed by atoms with van der Waals surface area (Å²) in [7, 11) is 0. The number of halogens is 1. The molecule has 0 aliphatic heterocycles. The maximum atomic E-state index is 12.2. The molecule has 1 aromatic heterocycles. The summed E-state index contributed by atoms with van der Waals surface area (Å²) in [5, 5.41) is 4.09. The van der Waals surface area contributed by atoms with Crippen LogP contribution in [0.2, 0.25) is 0 Å². The first-order valence-electron chi connectivity index (χ1n) is 7.48. The maximum Gasteiger partial charge on any atom is 0.272 e. The molecule has 2 aromatic carbocycles. The van der Waals surface area contributed by atoms with Crippen LogP contribution in [0, 0.1) is 6.92 Å². The lowest BCUT2D eigenvalue weighted by molar-refractivity contribution is 0.0954. The Morgan fingerprint density at radius 2 is 1.75 bits per heavy atom. The quantitative estimate of drug-likeness (QED) is 0.531. The number of rotatable bonds is 4. The van der Waals surface area contributed by atoms with Crippen molar-refractivity contribution in [2.24, 2.45) is 5.10 Å².